The lowest BCUT2D eigenvalue weighted by Crippen LogP contribution is -2.34. The van der Waals surface area contributed by atoms with Gasteiger partial charge in [-0.25, -0.2) is 18.2 Å². The summed E-state index contributed by atoms with van der Waals surface area (Å²) in [6, 6.07) is 6.44. The molecule has 0 radical (unpaired) electrons. The number of benzene rings is 1. The lowest BCUT2D eigenvalue weighted by atomic mass is 9.90. The number of carbonyl (C=O) groups is 1. The van der Waals surface area contributed by atoms with E-state index in [1.54, 1.807) is 24.3 Å². The van der Waals surface area contributed by atoms with Crippen LogP contribution in [0.25, 0.3) is 10.8 Å². The predicted octanol–water partition coefficient (Wildman–Crippen LogP) is 1.80. The Morgan fingerprint density at radius 3 is 2.69 bits per heavy atom. The van der Waals surface area contributed by atoms with Gasteiger partial charge in [-0.3, -0.25) is 0 Å². The van der Waals surface area contributed by atoms with Crippen molar-refractivity contribution in [1.29, 1.82) is 0 Å². The molecule has 1 unspecified atom stereocenters. The van der Waals surface area contributed by atoms with Crippen molar-refractivity contribution in [3.8, 4) is 0 Å². The molecule has 3 rings (SSSR count). The van der Waals surface area contributed by atoms with Gasteiger partial charge in [-0.2, -0.15) is 4.31 Å². The number of sulfonamides is 1. The first-order valence-electron chi connectivity index (χ1n) is 7.99. The Morgan fingerprint density at radius 1 is 1.35 bits per heavy atom. The maximum Gasteiger partial charge on any atom is 0.357 e. The smallest absolute Gasteiger partial charge is 0.357 e. The Balaban J connectivity index is 0.00000243. The fourth-order valence-corrected chi connectivity index (χ4v) is 4.95. The van der Waals surface area contributed by atoms with Gasteiger partial charge in [-0.1, -0.05) is 19.1 Å². The van der Waals surface area contributed by atoms with Gasteiger partial charge < -0.3 is 10.5 Å². The standard InChI is InChI=1S/C17H21N3O4S.ClH/c1-17(10-18)7-9-20(11-17)25(22,23)14-5-3-4-13-12(14)6-8-19-15(13)16(21)24-2;/h3-6,8H,7,9-11,18H2,1-2H3;1H. The number of pyridine rings is 1. The van der Waals surface area contributed by atoms with E-state index in [1.165, 1.54) is 17.6 Å². The minimum absolute atomic E-state index is 0. The molecule has 1 aromatic carbocycles. The van der Waals surface area contributed by atoms with Crippen LogP contribution in [0.5, 0.6) is 0 Å². The molecule has 0 aliphatic carbocycles. The zero-order valence-corrected chi connectivity index (χ0v) is 16.3. The third kappa shape index (κ3) is 3.42. The lowest BCUT2D eigenvalue weighted by molar-refractivity contribution is 0.0596. The molecule has 1 fully saturated rings. The summed E-state index contributed by atoms with van der Waals surface area (Å²) in [4.78, 5) is 16.1. The lowest BCUT2D eigenvalue weighted by Gasteiger charge is -2.23. The number of ether oxygens (including phenoxy) is 1. The fourth-order valence-electron chi connectivity index (χ4n) is 3.15. The highest BCUT2D eigenvalue weighted by atomic mass is 35.5. The molecule has 1 aliphatic rings. The number of nitrogens with two attached hydrogens (primary N) is 1. The number of halogens is 1. The Morgan fingerprint density at radius 2 is 2.08 bits per heavy atom. The molecular formula is C17H22ClN3O4S. The van der Waals surface area contributed by atoms with Crippen LogP contribution in [0.2, 0.25) is 0 Å². The van der Waals surface area contributed by atoms with E-state index < -0.39 is 16.0 Å². The van der Waals surface area contributed by atoms with Crippen LogP contribution in [0.4, 0.5) is 0 Å². The summed E-state index contributed by atoms with van der Waals surface area (Å²) >= 11 is 0. The first kappa shape index (κ1) is 20.6. The summed E-state index contributed by atoms with van der Waals surface area (Å²) in [6.45, 7) is 3.24. The Kier molecular flexibility index (Phi) is 5.92. The summed E-state index contributed by atoms with van der Waals surface area (Å²) < 4.78 is 32.5. The molecule has 0 saturated carbocycles. The van der Waals surface area contributed by atoms with Gasteiger partial charge in [0, 0.05) is 30.1 Å². The Labute approximate surface area is 159 Å². The van der Waals surface area contributed by atoms with E-state index in [9.17, 15) is 13.2 Å². The first-order chi connectivity index (χ1) is 11.8. The maximum absolute atomic E-state index is 13.2. The van der Waals surface area contributed by atoms with Gasteiger partial charge in [0.2, 0.25) is 10.0 Å². The predicted molar refractivity (Wildman–Crippen MR) is 101 cm³/mol. The molecule has 1 aliphatic heterocycles. The molecule has 2 heterocycles. The summed E-state index contributed by atoms with van der Waals surface area (Å²) in [5.74, 6) is -0.600. The van der Waals surface area contributed by atoms with Gasteiger partial charge in [0.15, 0.2) is 5.69 Å². The number of rotatable bonds is 4. The normalized spacial score (nSPS) is 20.7. The molecular weight excluding hydrogens is 378 g/mol. The first-order valence-corrected chi connectivity index (χ1v) is 9.43. The monoisotopic (exact) mass is 399 g/mol. The molecule has 142 valence electrons. The summed E-state index contributed by atoms with van der Waals surface area (Å²) in [5, 5.41) is 0.912. The topological polar surface area (TPSA) is 103 Å². The third-order valence-corrected chi connectivity index (χ3v) is 6.68. The third-order valence-electron chi connectivity index (χ3n) is 4.78. The number of nitrogens with zero attached hydrogens (tertiary/aromatic N) is 2. The number of hydrogen-bond acceptors (Lipinski definition) is 6. The van der Waals surface area contributed by atoms with Crippen LogP contribution in [0.1, 0.15) is 23.8 Å². The van der Waals surface area contributed by atoms with Gasteiger partial charge >= 0.3 is 5.97 Å². The number of carbonyl (C=O) groups excluding carboxylic acids is 1. The number of esters is 1. The van der Waals surface area contributed by atoms with E-state index in [0.29, 0.717) is 30.4 Å². The average molecular weight is 400 g/mol. The molecule has 1 saturated heterocycles. The zero-order chi connectivity index (χ0) is 18.2. The molecule has 1 atom stereocenters. The van der Waals surface area contributed by atoms with E-state index >= 15 is 0 Å². The average Bonchev–Trinajstić information content (AvgIpc) is 3.03. The van der Waals surface area contributed by atoms with Crippen molar-refractivity contribution < 1.29 is 17.9 Å². The van der Waals surface area contributed by atoms with Crippen LogP contribution >= 0.6 is 12.4 Å². The molecule has 26 heavy (non-hydrogen) atoms. The second-order valence-electron chi connectivity index (χ2n) is 6.61. The van der Waals surface area contributed by atoms with E-state index in [0.717, 1.165) is 6.42 Å². The van der Waals surface area contributed by atoms with Crippen molar-refractivity contribution in [2.45, 2.75) is 18.2 Å². The van der Waals surface area contributed by atoms with Gasteiger partial charge in [0.25, 0.3) is 0 Å². The molecule has 0 amide bonds. The van der Waals surface area contributed by atoms with Crippen molar-refractivity contribution in [1.82, 2.24) is 9.29 Å². The molecule has 1 aromatic heterocycles. The van der Waals surface area contributed by atoms with Gasteiger partial charge in [-0.15, -0.1) is 12.4 Å². The van der Waals surface area contributed by atoms with Crippen molar-refractivity contribution in [3.63, 3.8) is 0 Å². The Bertz CT molecular complexity index is 935. The quantitative estimate of drug-likeness (QED) is 0.786. The number of hydrogen-bond donors (Lipinski definition) is 1. The second kappa shape index (κ2) is 7.48. The molecule has 2 N–H and O–H groups in total. The van der Waals surface area contributed by atoms with Crippen LogP contribution in [0.3, 0.4) is 0 Å². The largest absolute Gasteiger partial charge is 0.464 e. The second-order valence-corrected chi connectivity index (χ2v) is 8.51. The van der Waals surface area contributed by atoms with Crippen molar-refractivity contribution in [3.05, 3.63) is 36.2 Å². The van der Waals surface area contributed by atoms with E-state index in [-0.39, 0.29) is 28.4 Å². The van der Waals surface area contributed by atoms with Crippen LogP contribution < -0.4 is 5.73 Å². The van der Waals surface area contributed by atoms with Gasteiger partial charge in [0.1, 0.15) is 0 Å². The van der Waals surface area contributed by atoms with Crippen LogP contribution in [0, 0.1) is 5.41 Å². The minimum Gasteiger partial charge on any atom is -0.464 e. The SMILES string of the molecule is COC(=O)c1nccc2c(S(=O)(=O)N3CCC(C)(CN)C3)cccc12.Cl. The Hall–Kier alpha value is -1.74. The highest BCUT2D eigenvalue weighted by Crippen LogP contribution is 2.34. The van der Waals surface area contributed by atoms with E-state index in [2.05, 4.69) is 4.98 Å². The number of methoxy groups -OCH3 is 1. The summed E-state index contributed by atoms with van der Waals surface area (Å²) in [5.41, 5.74) is 5.68. The van der Waals surface area contributed by atoms with Gasteiger partial charge in [-0.05, 0) is 30.5 Å². The molecule has 9 heteroatoms. The summed E-state index contributed by atoms with van der Waals surface area (Å²) in [6.07, 6.45) is 2.14. The van der Waals surface area contributed by atoms with Crippen LogP contribution in [-0.2, 0) is 14.8 Å². The van der Waals surface area contributed by atoms with Crippen molar-refractivity contribution >= 4 is 39.2 Å². The number of aromatic nitrogens is 1. The minimum atomic E-state index is -3.70. The molecule has 0 bridgehead atoms. The highest BCUT2D eigenvalue weighted by molar-refractivity contribution is 7.89. The molecule has 0 spiro atoms. The maximum atomic E-state index is 13.2. The molecule has 2 aromatic rings. The number of fused-ring (bicyclic) bond motifs is 1. The van der Waals surface area contributed by atoms with Gasteiger partial charge in [0.05, 0.1) is 12.0 Å². The van der Waals surface area contributed by atoms with Crippen LogP contribution in [-0.4, -0.2) is 50.4 Å². The highest BCUT2D eigenvalue weighted by Gasteiger charge is 2.39. The fraction of sp³-hybridized carbons (Fsp3) is 0.412. The molecule has 7 nitrogen and oxygen atoms in total. The summed E-state index contributed by atoms with van der Waals surface area (Å²) in [7, 11) is -2.43. The van der Waals surface area contributed by atoms with E-state index in [4.69, 9.17) is 10.5 Å². The van der Waals surface area contributed by atoms with E-state index in [1.807, 2.05) is 6.92 Å². The van der Waals surface area contributed by atoms with Crippen molar-refractivity contribution in [2.24, 2.45) is 11.1 Å². The van der Waals surface area contributed by atoms with Crippen molar-refractivity contribution in [2.75, 3.05) is 26.7 Å². The van der Waals surface area contributed by atoms with Crippen LogP contribution in [0.15, 0.2) is 35.4 Å². The zero-order valence-electron chi connectivity index (χ0n) is 14.6.